The average molecular weight is 231 g/mol. The van der Waals surface area contributed by atoms with Crippen LogP contribution in [0.2, 0.25) is 0 Å². The molecule has 0 spiro atoms. The molecule has 0 aliphatic heterocycles. The molecule has 0 aromatic carbocycles. The molecule has 1 amide bonds. The Morgan fingerprint density at radius 2 is 2.19 bits per heavy atom. The van der Waals surface area contributed by atoms with Gasteiger partial charge in [0.2, 0.25) is 6.23 Å². The molecule has 92 valence electrons. The van der Waals surface area contributed by atoms with Crippen molar-refractivity contribution in [3.8, 4) is 0 Å². The first-order valence-corrected chi connectivity index (χ1v) is 4.92. The van der Waals surface area contributed by atoms with Crippen molar-refractivity contribution in [1.82, 2.24) is 5.32 Å². The highest BCUT2D eigenvalue weighted by Crippen LogP contribution is 2.06. The number of rotatable bonds is 7. The van der Waals surface area contributed by atoms with Crippen LogP contribution in [0.15, 0.2) is 12.7 Å². The van der Waals surface area contributed by atoms with Crippen LogP contribution in [0, 0.1) is 5.92 Å². The normalized spacial score (nSPS) is 13.6. The van der Waals surface area contributed by atoms with Gasteiger partial charge in [-0.15, -0.1) is 6.58 Å². The summed E-state index contributed by atoms with van der Waals surface area (Å²) >= 11 is 0. The minimum atomic E-state index is -1.93. The number of aliphatic hydroxyl groups is 1. The van der Waals surface area contributed by atoms with Crippen LogP contribution in [0.1, 0.15) is 19.8 Å². The summed E-state index contributed by atoms with van der Waals surface area (Å²) in [6.07, 6.45) is 0.545. The van der Waals surface area contributed by atoms with Gasteiger partial charge in [-0.25, -0.2) is 9.59 Å². The first-order chi connectivity index (χ1) is 7.47. The fourth-order valence-corrected chi connectivity index (χ4v) is 0.919. The summed E-state index contributed by atoms with van der Waals surface area (Å²) in [6, 6.07) is 0. The van der Waals surface area contributed by atoms with Crippen molar-refractivity contribution >= 4 is 12.1 Å². The number of carbonyl (C=O) groups excluding carboxylic acids is 1. The van der Waals surface area contributed by atoms with E-state index in [-0.39, 0.29) is 12.5 Å². The number of aliphatic hydroxyl groups excluding tert-OH is 1. The first-order valence-electron chi connectivity index (χ1n) is 4.92. The van der Waals surface area contributed by atoms with Crippen molar-refractivity contribution in [1.29, 1.82) is 0 Å². The van der Waals surface area contributed by atoms with Crippen LogP contribution in [0.3, 0.4) is 0 Å². The minimum absolute atomic E-state index is 0.158. The third-order valence-electron chi connectivity index (χ3n) is 1.85. The molecule has 6 heteroatoms. The molecule has 0 saturated heterocycles. The quantitative estimate of drug-likeness (QED) is 0.443. The fraction of sp³-hybridized carbons (Fsp3) is 0.600. The molecule has 0 fully saturated rings. The van der Waals surface area contributed by atoms with Crippen LogP contribution >= 0.6 is 0 Å². The second kappa shape index (κ2) is 7.70. The van der Waals surface area contributed by atoms with Crippen LogP contribution in [-0.2, 0) is 9.53 Å². The lowest BCUT2D eigenvalue weighted by molar-refractivity contribution is -0.148. The molecule has 0 heterocycles. The molecule has 3 N–H and O–H groups in total. The Kier molecular flexibility index (Phi) is 6.95. The average Bonchev–Trinajstić information content (AvgIpc) is 2.23. The highest BCUT2D eigenvalue weighted by molar-refractivity contribution is 5.78. The molecular weight excluding hydrogens is 214 g/mol. The summed E-state index contributed by atoms with van der Waals surface area (Å²) in [6.45, 7) is 5.63. The molecular formula is C10H17NO5. The third kappa shape index (κ3) is 6.83. The van der Waals surface area contributed by atoms with E-state index >= 15 is 0 Å². The van der Waals surface area contributed by atoms with Crippen molar-refractivity contribution in [3.63, 3.8) is 0 Å². The van der Waals surface area contributed by atoms with Crippen LogP contribution in [0.25, 0.3) is 0 Å². The number of nitrogens with one attached hydrogen (secondary N) is 1. The number of aliphatic carboxylic acids is 1. The van der Waals surface area contributed by atoms with E-state index in [0.29, 0.717) is 0 Å². The summed E-state index contributed by atoms with van der Waals surface area (Å²) in [4.78, 5) is 21.1. The lowest BCUT2D eigenvalue weighted by Crippen LogP contribution is -2.41. The van der Waals surface area contributed by atoms with E-state index in [9.17, 15) is 9.59 Å². The first kappa shape index (κ1) is 14.4. The van der Waals surface area contributed by atoms with Crippen molar-refractivity contribution in [2.45, 2.75) is 26.0 Å². The lowest BCUT2D eigenvalue weighted by Gasteiger charge is -2.12. The number of ether oxygens (including phenoxy) is 1. The molecule has 0 bridgehead atoms. The number of hydrogen-bond donors (Lipinski definition) is 3. The maximum absolute atomic E-state index is 11.0. The number of carbonyl (C=O) groups is 2. The minimum Gasteiger partial charge on any atom is -0.478 e. The van der Waals surface area contributed by atoms with Gasteiger partial charge in [-0.1, -0.05) is 13.0 Å². The van der Waals surface area contributed by atoms with Crippen LogP contribution in [0.4, 0.5) is 4.79 Å². The molecule has 0 aromatic rings. The van der Waals surface area contributed by atoms with E-state index in [4.69, 9.17) is 14.9 Å². The Bertz CT molecular complexity index is 254. The zero-order valence-electron chi connectivity index (χ0n) is 9.18. The highest BCUT2D eigenvalue weighted by atomic mass is 16.6. The van der Waals surface area contributed by atoms with Crippen molar-refractivity contribution < 1.29 is 24.5 Å². The Morgan fingerprint density at radius 1 is 1.56 bits per heavy atom. The second-order valence-electron chi connectivity index (χ2n) is 3.45. The summed E-state index contributed by atoms with van der Waals surface area (Å²) in [7, 11) is 0. The zero-order chi connectivity index (χ0) is 12.6. The Balaban J connectivity index is 3.72. The third-order valence-corrected chi connectivity index (χ3v) is 1.85. The van der Waals surface area contributed by atoms with E-state index in [2.05, 4.69) is 6.58 Å². The van der Waals surface area contributed by atoms with Crippen LogP contribution in [0.5, 0.6) is 0 Å². The van der Waals surface area contributed by atoms with Gasteiger partial charge in [0.15, 0.2) is 0 Å². The van der Waals surface area contributed by atoms with Gasteiger partial charge in [0.05, 0.1) is 6.61 Å². The van der Waals surface area contributed by atoms with Crippen molar-refractivity contribution in [2.24, 2.45) is 5.92 Å². The predicted molar refractivity (Wildman–Crippen MR) is 56.7 cm³/mol. The second-order valence-corrected chi connectivity index (χ2v) is 3.45. The summed E-state index contributed by atoms with van der Waals surface area (Å²) in [5, 5.41) is 18.8. The topological polar surface area (TPSA) is 95.9 Å². The van der Waals surface area contributed by atoms with Gasteiger partial charge in [0, 0.05) is 0 Å². The van der Waals surface area contributed by atoms with Crippen LogP contribution in [-0.4, -0.2) is 35.1 Å². The molecule has 0 unspecified atom stereocenters. The smallest absolute Gasteiger partial charge is 0.409 e. The standard InChI is InChI=1S/C10H17NO5/c1-3-4-5-7(2)6-16-10(15)11-8(12)9(13)14/h3,7-8,12H,1,4-6H2,2H3,(H,11,15)(H,13,14)/t7-,8+/m1/s1. The number of allylic oxidation sites excluding steroid dienone is 1. The van der Waals surface area contributed by atoms with Crippen molar-refractivity contribution in [3.05, 3.63) is 12.7 Å². The number of alkyl carbamates (subject to hydrolysis) is 1. The molecule has 0 rings (SSSR count). The SMILES string of the molecule is C=CCC[C@@H](C)COC(=O)N[C@@H](O)C(=O)O. The summed E-state index contributed by atoms with van der Waals surface area (Å²) in [5.74, 6) is -1.37. The lowest BCUT2D eigenvalue weighted by atomic mass is 10.1. The van der Waals surface area contributed by atoms with Crippen molar-refractivity contribution in [2.75, 3.05) is 6.61 Å². The Hall–Kier alpha value is -1.56. The summed E-state index contributed by atoms with van der Waals surface area (Å²) < 4.78 is 4.71. The maximum atomic E-state index is 11.0. The van der Waals surface area contributed by atoms with E-state index < -0.39 is 18.3 Å². The fourth-order valence-electron chi connectivity index (χ4n) is 0.919. The van der Waals surface area contributed by atoms with Gasteiger partial charge in [-0.3, -0.25) is 5.32 Å². The van der Waals surface area contributed by atoms with E-state index in [1.165, 1.54) is 0 Å². The van der Waals surface area contributed by atoms with Gasteiger partial charge >= 0.3 is 12.1 Å². The Labute approximate surface area is 93.9 Å². The van der Waals surface area contributed by atoms with Gasteiger partial charge < -0.3 is 14.9 Å². The van der Waals surface area contributed by atoms with Crippen LogP contribution < -0.4 is 5.32 Å². The molecule has 0 aromatic heterocycles. The Morgan fingerprint density at radius 3 is 2.69 bits per heavy atom. The number of amides is 1. The number of carboxylic acid groups (broad SMARTS) is 1. The van der Waals surface area contributed by atoms with Gasteiger partial charge in [0.25, 0.3) is 0 Å². The van der Waals surface area contributed by atoms with Gasteiger partial charge in [-0.05, 0) is 18.8 Å². The molecule has 2 atom stereocenters. The summed E-state index contributed by atoms with van der Waals surface area (Å²) in [5.41, 5.74) is 0. The zero-order valence-corrected chi connectivity index (χ0v) is 9.18. The van der Waals surface area contributed by atoms with Gasteiger partial charge in [-0.2, -0.15) is 0 Å². The molecule has 0 radical (unpaired) electrons. The number of carboxylic acids is 1. The molecule has 16 heavy (non-hydrogen) atoms. The number of hydrogen-bond acceptors (Lipinski definition) is 4. The van der Waals surface area contributed by atoms with E-state index in [1.54, 1.807) is 11.4 Å². The maximum Gasteiger partial charge on any atom is 0.409 e. The monoisotopic (exact) mass is 231 g/mol. The largest absolute Gasteiger partial charge is 0.478 e. The highest BCUT2D eigenvalue weighted by Gasteiger charge is 2.17. The molecule has 6 nitrogen and oxygen atoms in total. The van der Waals surface area contributed by atoms with E-state index in [0.717, 1.165) is 12.8 Å². The predicted octanol–water partition coefficient (Wildman–Crippen LogP) is 0.718. The van der Waals surface area contributed by atoms with Gasteiger partial charge in [0.1, 0.15) is 0 Å². The van der Waals surface area contributed by atoms with E-state index in [1.807, 2.05) is 6.92 Å². The molecule has 0 saturated carbocycles. The molecule has 0 aliphatic carbocycles. The molecule has 0 aliphatic rings.